The van der Waals surface area contributed by atoms with E-state index < -0.39 is 4.92 Å². The summed E-state index contributed by atoms with van der Waals surface area (Å²) in [6.45, 7) is 3.88. The molecule has 0 aliphatic carbocycles. The lowest BCUT2D eigenvalue weighted by Gasteiger charge is -2.37. The van der Waals surface area contributed by atoms with Crippen molar-refractivity contribution in [3.8, 4) is 0 Å². The van der Waals surface area contributed by atoms with Gasteiger partial charge in [0, 0.05) is 19.1 Å². The fraction of sp³-hybridized carbons (Fsp3) is 0.714. The van der Waals surface area contributed by atoms with Crippen molar-refractivity contribution >= 4 is 11.7 Å². The molecule has 3 rings (SSSR count). The summed E-state index contributed by atoms with van der Waals surface area (Å²) in [6, 6.07) is 1.78. The molecule has 2 aliphatic heterocycles. The van der Waals surface area contributed by atoms with Crippen molar-refractivity contribution in [3.05, 3.63) is 22.4 Å². The molecule has 0 unspecified atom stereocenters. The molecule has 1 aromatic heterocycles. The van der Waals surface area contributed by atoms with Crippen LogP contribution < -0.4 is 0 Å². The highest BCUT2D eigenvalue weighted by molar-refractivity contribution is 5.76. The maximum absolute atomic E-state index is 12.4. The number of likely N-dealkylation sites (tertiary alicyclic amines) is 2. The van der Waals surface area contributed by atoms with Gasteiger partial charge >= 0.3 is 5.82 Å². The molecule has 8 heteroatoms. The predicted molar refractivity (Wildman–Crippen MR) is 79.3 cm³/mol. The van der Waals surface area contributed by atoms with Crippen LogP contribution in [-0.4, -0.2) is 62.6 Å². The Labute approximate surface area is 128 Å². The third kappa shape index (κ3) is 3.27. The van der Waals surface area contributed by atoms with Gasteiger partial charge in [-0.05, 0) is 43.7 Å². The molecule has 1 aromatic rings. The molecule has 8 nitrogen and oxygen atoms in total. The largest absolute Gasteiger partial charge is 0.389 e. The summed E-state index contributed by atoms with van der Waals surface area (Å²) in [6.07, 6.45) is 6.16. The van der Waals surface area contributed by atoms with E-state index in [0.29, 0.717) is 6.04 Å². The smallest absolute Gasteiger partial charge is 0.358 e. The van der Waals surface area contributed by atoms with Crippen LogP contribution in [0.25, 0.3) is 0 Å². The van der Waals surface area contributed by atoms with Gasteiger partial charge in [0.2, 0.25) is 5.91 Å². The molecule has 0 N–H and O–H groups in total. The van der Waals surface area contributed by atoms with E-state index in [1.165, 1.54) is 29.8 Å². The summed E-state index contributed by atoms with van der Waals surface area (Å²) in [5.74, 6) is -0.233. The average Bonchev–Trinajstić information content (AvgIpc) is 3.19. The first kappa shape index (κ1) is 15.0. The number of aromatic nitrogens is 2. The lowest BCUT2D eigenvalue weighted by Crippen LogP contribution is -2.49. The number of nitro groups is 1. The van der Waals surface area contributed by atoms with Gasteiger partial charge in [0.1, 0.15) is 6.54 Å². The van der Waals surface area contributed by atoms with Crippen molar-refractivity contribution in [3.63, 3.8) is 0 Å². The van der Waals surface area contributed by atoms with Crippen LogP contribution in [0.2, 0.25) is 0 Å². The van der Waals surface area contributed by atoms with E-state index in [2.05, 4.69) is 10.00 Å². The molecule has 22 heavy (non-hydrogen) atoms. The standard InChI is InChI=1S/C14H21N5O3/c20-14(11-18-9-5-13(15-18)19(21)22)17-8-3-4-12(10-17)16-6-1-2-7-16/h5,9,12H,1-4,6-8,10-11H2/t12-/m1/s1. The molecule has 2 fully saturated rings. The van der Waals surface area contributed by atoms with E-state index in [4.69, 9.17) is 0 Å². The number of rotatable bonds is 4. The van der Waals surface area contributed by atoms with Crippen LogP contribution in [0.15, 0.2) is 12.3 Å². The Morgan fingerprint density at radius 1 is 1.32 bits per heavy atom. The van der Waals surface area contributed by atoms with E-state index in [1.807, 2.05) is 4.90 Å². The molecule has 0 radical (unpaired) electrons. The van der Waals surface area contributed by atoms with Crippen molar-refractivity contribution in [2.45, 2.75) is 38.3 Å². The van der Waals surface area contributed by atoms with Crippen LogP contribution in [-0.2, 0) is 11.3 Å². The second kappa shape index (κ2) is 6.43. The molecule has 2 saturated heterocycles. The van der Waals surface area contributed by atoms with Crippen LogP contribution in [0.1, 0.15) is 25.7 Å². The second-order valence-corrected chi connectivity index (χ2v) is 6.01. The van der Waals surface area contributed by atoms with Crippen molar-refractivity contribution in [1.82, 2.24) is 19.6 Å². The van der Waals surface area contributed by atoms with Crippen molar-refractivity contribution in [1.29, 1.82) is 0 Å². The number of carbonyl (C=O) groups is 1. The quantitative estimate of drug-likeness (QED) is 0.609. The summed E-state index contributed by atoms with van der Waals surface area (Å²) in [5, 5.41) is 14.4. The first-order valence-corrected chi connectivity index (χ1v) is 7.83. The lowest BCUT2D eigenvalue weighted by molar-refractivity contribution is -0.389. The van der Waals surface area contributed by atoms with Crippen molar-refractivity contribution in [2.75, 3.05) is 26.2 Å². The van der Waals surface area contributed by atoms with Crippen LogP contribution in [0, 0.1) is 10.1 Å². The Morgan fingerprint density at radius 2 is 2.09 bits per heavy atom. The minimum Gasteiger partial charge on any atom is -0.358 e. The third-order valence-corrected chi connectivity index (χ3v) is 4.52. The lowest BCUT2D eigenvalue weighted by atomic mass is 10.0. The maximum Gasteiger partial charge on any atom is 0.389 e. The van der Waals surface area contributed by atoms with Gasteiger partial charge < -0.3 is 15.0 Å². The predicted octanol–water partition coefficient (Wildman–Crippen LogP) is 0.878. The first-order chi connectivity index (χ1) is 10.6. The van der Waals surface area contributed by atoms with Gasteiger partial charge in [0.15, 0.2) is 0 Å². The van der Waals surface area contributed by atoms with Crippen LogP contribution >= 0.6 is 0 Å². The highest BCUT2D eigenvalue weighted by Gasteiger charge is 2.29. The summed E-state index contributed by atoms with van der Waals surface area (Å²) in [4.78, 5) is 26.8. The van der Waals surface area contributed by atoms with Gasteiger partial charge in [-0.2, -0.15) is 4.68 Å². The van der Waals surface area contributed by atoms with E-state index in [1.54, 1.807) is 0 Å². The Balaban J connectivity index is 1.57. The van der Waals surface area contributed by atoms with E-state index in [0.717, 1.165) is 39.0 Å². The molecule has 3 heterocycles. The monoisotopic (exact) mass is 307 g/mol. The van der Waals surface area contributed by atoms with E-state index in [9.17, 15) is 14.9 Å². The molecule has 0 spiro atoms. The maximum atomic E-state index is 12.4. The Hall–Kier alpha value is -1.96. The van der Waals surface area contributed by atoms with Gasteiger partial charge in [-0.15, -0.1) is 0 Å². The molecular weight excluding hydrogens is 286 g/mol. The molecular formula is C14H21N5O3. The second-order valence-electron chi connectivity index (χ2n) is 6.01. The minimum atomic E-state index is -0.550. The molecule has 0 aromatic carbocycles. The minimum absolute atomic E-state index is 0.0121. The number of amides is 1. The van der Waals surface area contributed by atoms with Gasteiger partial charge in [0.25, 0.3) is 0 Å². The molecule has 1 atom stereocenters. The van der Waals surface area contributed by atoms with E-state index >= 15 is 0 Å². The molecule has 2 aliphatic rings. The van der Waals surface area contributed by atoms with Gasteiger partial charge in [0.05, 0.1) is 17.4 Å². The highest BCUT2D eigenvalue weighted by atomic mass is 16.6. The fourth-order valence-electron chi connectivity index (χ4n) is 3.36. The number of carbonyl (C=O) groups excluding carboxylic acids is 1. The van der Waals surface area contributed by atoms with E-state index in [-0.39, 0.29) is 18.3 Å². The fourth-order valence-corrected chi connectivity index (χ4v) is 3.36. The van der Waals surface area contributed by atoms with Crippen LogP contribution in [0.5, 0.6) is 0 Å². The average molecular weight is 307 g/mol. The zero-order valence-electron chi connectivity index (χ0n) is 12.6. The Kier molecular flexibility index (Phi) is 4.37. The first-order valence-electron chi connectivity index (χ1n) is 7.83. The van der Waals surface area contributed by atoms with Crippen LogP contribution in [0.4, 0.5) is 5.82 Å². The SMILES string of the molecule is O=C(Cn1ccc([N+](=O)[O-])n1)N1CCC[C@@H](N2CCCC2)C1. The molecule has 0 saturated carbocycles. The van der Waals surface area contributed by atoms with Crippen LogP contribution in [0.3, 0.4) is 0 Å². The van der Waals surface area contributed by atoms with Gasteiger partial charge in [-0.3, -0.25) is 9.69 Å². The summed E-state index contributed by atoms with van der Waals surface area (Å²) < 4.78 is 1.35. The number of hydrogen-bond acceptors (Lipinski definition) is 5. The Morgan fingerprint density at radius 3 is 2.77 bits per heavy atom. The molecule has 0 bridgehead atoms. The zero-order valence-corrected chi connectivity index (χ0v) is 12.6. The van der Waals surface area contributed by atoms with Gasteiger partial charge in [-0.1, -0.05) is 0 Å². The summed E-state index contributed by atoms with van der Waals surface area (Å²) >= 11 is 0. The molecule has 1 amide bonds. The molecule has 120 valence electrons. The normalized spacial score (nSPS) is 22.9. The number of piperidine rings is 1. The van der Waals surface area contributed by atoms with Gasteiger partial charge in [-0.25, -0.2) is 0 Å². The highest BCUT2D eigenvalue weighted by Crippen LogP contribution is 2.20. The summed E-state index contributed by atoms with van der Waals surface area (Å²) in [5.41, 5.74) is 0. The number of hydrogen-bond donors (Lipinski definition) is 0. The summed E-state index contributed by atoms with van der Waals surface area (Å²) in [7, 11) is 0. The number of nitrogens with zero attached hydrogens (tertiary/aromatic N) is 5. The third-order valence-electron chi connectivity index (χ3n) is 4.52. The topological polar surface area (TPSA) is 84.5 Å². The van der Waals surface area contributed by atoms with Crippen molar-refractivity contribution < 1.29 is 9.72 Å². The zero-order chi connectivity index (χ0) is 15.5. The van der Waals surface area contributed by atoms with Crippen molar-refractivity contribution in [2.24, 2.45) is 0 Å². The Bertz CT molecular complexity index is 552.